The van der Waals surface area contributed by atoms with E-state index >= 15 is 0 Å². The fourth-order valence-corrected chi connectivity index (χ4v) is 5.19. The lowest BCUT2D eigenvalue weighted by Gasteiger charge is -2.24. The van der Waals surface area contributed by atoms with E-state index in [1.807, 2.05) is 12.1 Å². The van der Waals surface area contributed by atoms with Crippen LogP contribution in [0.3, 0.4) is 0 Å². The van der Waals surface area contributed by atoms with Gasteiger partial charge in [0, 0.05) is 17.3 Å². The zero-order chi connectivity index (χ0) is 23.0. The number of hydrogen-bond donors (Lipinski definition) is 1. The maximum absolute atomic E-state index is 13.3. The minimum atomic E-state index is -4.02. The number of nitrogens with one attached hydrogen (secondary N) is 1. The first-order valence-electron chi connectivity index (χ1n) is 9.69. The second-order valence-corrected chi connectivity index (χ2v) is 10.1. The van der Waals surface area contributed by atoms with Gasteiger partial charge >= 0.3 is 0 Å². The Kier molecular flexibility index (Phi) is 8.49. The summed E-state index contributed by atoms with van der Waals surface area (Å²) in [6, 6.07) is 16.1. The predicted molar refractivity (Wildman–Crippen MR) is 127 cm³/mol. The van der Waals surface area contributed by atoms with Crippen LogP contribution in [0, 0.1) is 0 Å². The van der Waals surface area contributed by atoms with E-state index in [9.17, 15) is 13.2 Å². The summed E-state index contributed by atoms with van der Waals surface area (Å²) in [4.78, 5) is 12.6. The van der Waals surface area contributed by atoms with Gasteiger partial charge in [-0.2, -0.15) is 11.8 Å². The molecular weight excluding hydrogens is 472 g/mol. The van der Waals surface area contributed by atoms with Crippen molar-refractivity contribution in [2.45, 2.75) is 10.6 Å². The van der Waals surface area contributed by atoms with Crippen LogP contribution < -0.4 is 14.4 Å². The molecule has 32 heavy (non-hydrogen) atoms. The smallest absolute Gasteiger partial charge is 0.264 e. The fourth-order valence-electron chi connectivity index (χ4n) is 2.84. The van der Waals surface area contributed by atoms with Gasteiger partial charge in [0.05, 0.1) is 29.7 Å². The third kappa shape index (κ3) is 6.44. The molecule has 0 saturated carbocycles. The molecule has 1 heterocycles. The average molecular weight is 495 g/mol. The van der Waals surface area contributed by atoms with Gasteiger partial charge in [-0.15, -0.1) is 0 Å². The van der Waals surface area contributed by atoms with E-state index in [4.69, 9.17) is 20.8 Å². The highest BCUT2D eigenvalue weighted by Crippen LogP contribution is 2.27. The fraction of sp³-hybridized carbons (Fsp3) is 0.227. The second kappa shape index (κ2) is 11.3. The van der Waals surface area contributed by atoms with E-state index < -0.39 is 15.9 Å². The van der Waals surface area contributed by atoms with Crippen LogP contribution in [0.25, 0.3) is 0 Å². The molecule has 0 bridgehead atoms. The molecule has 0 saturated heterocycles. The normalized spacial score (nSPS) is 11.2. The Bertz CT molecular complexity index is 1120. The number of halogens is 1. The van der Waals surface area contributed by atoms with Crippen molar-refractivity contribution in [3.8, 4) is 5.75 Å². The Morgan fingerprint density at radius 2 is 1.94 bits per heavy atom. The number of amides is 1. The van der Waals surface area contributed by atoms with Crippen LogP contribution in [0.1, 0.15) is 5.76 Å². The zero-order valence-electron chi connectivity index (χ0n) is 17.4. The van der Waals surface area contributed by atoms with Gasteiger partial charge in [0.2, 0.25) is 5.91 Å². The van der Waals surface area contributed by atoms with Crippen LogP contribution in [-0.4, -0.2) is 40.3 Å². The van der Waals surface area contributed by atoms with Gasteiger partial charge in [-0.25, -0.2) is 8.42 Å². The van der Waals surface area contributed by atoms with Crippen LogP contribution in [0.15, 0.2) is 76.2 Å². The van der Waals surface area contributed by atoms with Crippen LogP contribution in [0.4, 0.5) is 5.69 Å². The lowest BCUT2D eigenvalue weighted by atomic mass is 10.3. The molecule has 7 nitrogen and oxygen atoms in total. The van der Waals surface area contributed by atoms with Crippen molar-refractivity contribution < 1.29 is 22.4 Å². The highest BCUT2D eigenvalue weighted by molar-refractivity contribution is 7.98. The van der Waals surface area contributed by atoms with Crippen molar-refractivity contribution in [3.05, 3.63) is 77.7 Å². The molecule has 1 N–H and O–H groups in total. The molecule has 1 aromatic heterocycles. The van der Waals surface area contributed by atoms with Crippen molar-refractivity contribution in [3.63, 3.8) is 0 Å². The molecule has 1 amide bonds. The third-order valence-electron chi connectivity index (χ3n) is 4.42. The summed E-state index contributed by atoms with van der Waals surface area (Å²) < 4.78 is 38.1. The number of carbonyl (C=O) groups excluding carboxylic acids is 1. The van der Waals surface area contributed by atoms with E-state index in [-0.39, 0.29) is 11.4 Å². The monoisotopic (exact) mass is 494 g/mol. The number of anilines is 1. The summed E-state index contributed by atoms with van der Waals surface area (Å²) in [6.07, 6.45) is 1.62. The molecule has 0 spiro atoms. The molecule has 0 fully saturated rings. The molecule has 0 aliphatic heterocycles. The summed E-state index contributed by atoms with van der Waals surface area (Å²) in [5, 5.41) is 3.14. The summed E-state index contributed by atoms with van der Waals surface area (Å²) in [7, 11) is -2.52. The summed E-state index contributed by atoms with van der Waals surface area (Å²) in [5.74, 6) is 2.33. The van der Waals surface area contributed by atoms with Gasteiger partial charge in [-0.05, 0) is 54.6 Å². The number of methoxy groups -OCH3 is 1. The van der Waals surface area contributed by atoms with Gasteiger partial charge in [-0.1, -0.05) is 17.7 Å². The lowest BCUT2D eigenvalue weighted by molar-refractivity contribution is -0.119. The third-order valence-corrected chi connectivity index (χ3v) is 7.43. The van der Waals surface area contributed by atoms with E-state index in [1.165, 1.54) is 25.3 Å². The van der Waals surface area contributed by atoms with Crippen molar-refractivity contribution in [2.24, 2.45) is 0 Å². The highest BCUT2D eigenvalue weighted by Gasteiger charge is 2.27. The molecule has 3 rings (SSSR count). The van der Waals surface area contributed by atoms with Crippen LogP contribution >= 0.6 is 23.4 Å². The van der Waals surface area contributed by atoms with Crippen LogP contribution in [0.5, 0.6) is 5.75 Å². The number of sulfonamides is 1. The first-order chi connectivity index (χ1) is 15.4. The number of hydrogen-bond acceptors (Lipinski definition) is 6. The van der Waals surface area contributed by atoms with Crippen molar-refractivity contribution in [1.82, 2.24) is 5.32 Å². The molecule has 170 valence electrons. The SMILES string of the molecule is COc1ccc(S(=O)(=O)N(CC(=O)NCCSCc2ccco2)c2cccc(Cl)c2)cc1. The van der Waals surface area contributed by atoms with Crippen LogP contribution in [0.2, 0.25) is 5.02 Å². The van der Waals surface area contributed by atoms with Crippen molar-refractivity contribution in [2.75, 3.05) is 30.3 Å². The summed E-state index contributed by atoms with van der Waals surface area (Å²) in [5.41, 5.74) is 0.302. The number of thioether (sulfide) groups is 1. The molecule has 2 aromatic carbocycles. The minimum absolute atomic E-state index is 0.0417. The number of benzene rings is 2. The first kappa shape index (κ1) is 24.0. The molecular formula is C22H23ClN2O5S2. The molecule has 3 aromatic rings. The van der Waals surface area contributed by atoms with E-state index in [1.54, 1.807) is 48.4 Å². The maximum atomic E-state index is 13.3. The standard InChI is InChI=1S/C22H23ClN2O5S2/c1-29-19-7-9-21(10-8-19)32(27,28)25(18-5-2-4-17(23)14-18)15-22(26)24-11-13-31-16-20-6-3-12-30-20/h2-10,12,14H,11,13,15-16H2,1H3,(H,24,26). The molecule has 0 aliphatic carbocycles. The Labute approximate surface area is 196 Å². The van der Waals surface area contributed by atoms with Crippen LogP contribution in [-0.2, 0) is 20.6 Å². The zero-order valence-corrected chi connectivity index (χ0v) is 19.8. The molecule has 0 atom stereocenters. The molecule has 0 unspecified atom stereocenters. The largest absolute Gasteiger partial charge is 0.497 e. The summed E-state index contributed by atoms with van der Waals surface area (Å²) >= 11 is 7.68. The molecule has 0 radical (unpaired) electrons. The maximum Gasteiger partial charge on any atom is 0.264 e. The van der Waals surface area contributed by atoms with Crippen molar-refractivity contribution >= 4 is 45.0 Å². The molecule has 10 heteroatoms. The molecule has 0 aliphatic rings. The quantitative estimate of drug-likeness (QED) is 0.402. The van der Waals surface area contributed by atoms with Gasteiger partial charge in [0.1, 0.15) is 18.1 Å². The lowest BCUT2D eigenvalue weighted by Crippen LogP contribution is -2.41. The van der Waals surface area contributed by atoms with Gasteiger partial charge in [-0.3, -0.25) is 9.10 Å². The predicted octanol–water partition coefficient (Wildman–Crippen LogP) is 4.19. The van der Waals surface area contributed by atoms with Gasteiger partial charge in [0.25, 0.3) is 10.0 Å². The topological polar surface area (TPSA) is 88.9 Å². The van der Waals surface area contributed by atoms with E-state index in [0.717, 1.165) is 10.1 Å². The van der Waals surface area contributed by atoms with Crippen molar-refractivity contribution in [1.29, 1.82) is 0 Å². The Morgan fingerprint density at radius 1 is 1.16 bits per heavy atom. The number of furan rings is 1. The number of ether oxygens (including phenoxy) is 1. The number of nitrogens with zero attached hydrogens (tertiary/aromatic N) is 1. The average Bonchev–Trinajstić information content (AvgIpc) is 3.30. The minimum Gasteiger partial charge on any atom is -0.497 e. The van der Waals surface area contributed by atoms with E-state index in [2.05, 4.69) is 5.32 Å². The number of rotatable bonds is 11. The van der Waals surface area contributed by atoms with E-state index in [0.29, 0.717) is 34.5 Å². The Balaban J connectivity index is 1.69. The Morgan fingerprint density at radius 3 is 2.59 bits per heavy atom. The first-order valence-corrected chi connectivity index (χ1v) is 12.7. The number of carbonyl (C=O) groups is 1. The summed E-state index contributed by atoms with van der Waals surface area (Å²) in [6.45, 7) is 0.0216. The van der Waals surface area contributed by atoms with Gasteiger partial charge < -0.3 is 14.5 Å². The van der Waals surface area contributed by atoms with Gasteiger partial charge in [0.15, 0.2) is 0 Å². The highest BCUT2D eigenvalue weighted by atomic mass is 35.5. The second-order valence-electron chi connectivity index (χ2n) is 6.65. The Hall–Kier alpha value is -2.62.